The molecule has 0 aromatic rings. The lowest BCUT2D eigenvalue weighted by atomic mass is 9.77. The van der Waals surface area contributed by atoms with E-state index >= 15 is 0 Å². The molecule has 126 valence electrons. The van der Waals surface area contributed by atoms with Crippen LogP contribution in [-0.2, 0) is 4.74 Å². The zero-order valence-electron chi connectivity index (χ0n) is 14.8. The van der Waals surface area contributed by atoms with Gasteiger partial charge in [0.25, 0.3) is 0 Å². The van der Waals surface area contributed by atoms with Gasteiger partial charge in [0.15, 0.2) is 0 Å². The van der Waals surface area contributed by atoms with Crippen LogP contribution in [0.25, 0.3) is 0 Å². The molecule has 0 bridgehead atoms. The van der Waals surface area contributed by atoms with Gasteiger partial charge in [-0.2, -0.15) is 0 Å². The molecule has 3 aliphatic rings. The highest BCUT2D eigenvalue weighted by molar-refractivity contribution is 9.09. The molecular formula is C20H33BrO. The third-order valence-corrected chi connectivity index (χ3v) is 8.05. The average Bonchev–Trinajstić information content (AvgIpc) is 2.77. The van der Waals surface area contributed by atoms with Crippen molar-refractivity contribution in [3.8, 4) is 0 Å². The van der Waals surface area contributed by atoms with Crippen molar-refractivity contribution in [2.24, 2.45) is 29.6 Å². The summed E-state index contributed by atoms with van der Waals surface area (Å²) in [5.74, 6) is 3.85. The Kier molecular flexibility index (Phi) is 4.58. The molecule has 22 heavy (non-hydrogen) atoms. The van der Waals surface area contributed by atoms with Crippen LogP contribution >= 0.6 is 15.9 Å². The third-order valence-electron chi connectivity index (χ3n) is 7.30. The van der Waals surface area contributed by atoms with Gasteiger partial charge in [-0.25, -0.2) is 0 Å². The summed E-state index contributed by atoms with van der Waals surface area (Å²) >= 11 is 3.73. The molecule has 1 nitrogen and oxygen atoms in total. The van der Waals surface area contributed by atoms with E-state index in [0.29, 0.717) is 0 Å². The number of rotatable bonds is 6. The predicted molar refractivity (Wildman–Crippen MR) is 97.3 cm³/mol. The minimum atomic E-state index is 0.179. The van der Waals surface area contributed by atoms with Crippen LogP contribution in [0, 0.1) is 29.6 Å². The molecule has 2 aliphatic carbocycles. The molecule has 0 N–H and O–H groups in total. The first-order valence-corrected chi connectivity index (χ1v) is 10.4. The largest absolute Gasteiger partial charge is 0.363 e. The maximum atomic E-state index is 6.34. The van der Waals surface area contributed by atoms with Gasteiger partial charge in [0.05, 0.1) is 5.60 Å². The van der Waals surface area contributed by atoms with Crippen LogP contribution in [0.3, 0.4) is 0 Å². The summed E-state index contributed by atoms with van der Waals surface area (Å²) < 4.78 is 6.34. The van der Waals surface area contributed by atoms with Crippen LogP contribution in [0.15, 0.2) is 12.2 Å². The number of fused-ring (bicyclic) bond motifs is 1. The number of alkyl halides is 1. The minimum Gasteiger partial charge on any atom is -0.363 e. The zero-order valence-corrected chi connectivity index (χ0v) is 16.4. The van der Waals surface area contributed by atoms with E-state index in [4.69, 9.17) is 4.74 Å². The summed E-state index contributed by atoms with van der Waals surface area (Å²) in [5, 5.41) is 1.13. The molecule has 0 spiro atoms. The molecule has 1 saturated heterocycles. The van der Waals surface area contributed by atoms with Crippen molar-refractivity contribution in [2.45, 2.75) is 77.4 Å². The Balaban J connectivity index is 1.62. The van der Waals surface area contributed by atoms with Crippen molar-refractivity contribution >= 4 is 15.9 Å². The highest BCUT2D eigenvalue weighted by atomic mass is 79.9. The smallest absolute Gasteiger partial charge is 0.101 e. The summed E-state index contributed by atoms with van der Waals surface area (Å²) in [4.78, 5) is 0. The number of epoxide rings is 1. The van der Waals surface area contributed by atoms with Gasteiger partial charge in [-0.05, 0) is 75.0 Å². The molecule has 0 aromatic heterocycles. The van der Waals surface area contributed by atoms with Crippen LogP contribution in [-0.4, -0.2) is 16.5 Å². The standard InChI is InChI=1S/C20H33BrO/c1-13(2)18-9-10-19(5)20(18,22-19)11-8-15(4)16-7-6-14(3)17(16)12-21/h13-14,16-18H,4,6-12H2,1-3,5H3. The Bertz CT molecular complexity index is 445. The van der Waals surface area contributed by atoms with E-state index in [2.05, 4.69) is 50.2 Å². The van der Waals surface area contributed by atoms with Gasteiger partial charge < -0.3 is 4.74 Å². The van der Waals surface area contributed by atoms with Gasteiger partial charge >= 0.3 is 0 Å². The fraction of sp³-hybridized carbons (Fsp3) is 0.900. The lowest BCUT2D eigenvalue weighted by Gasteiger charge is -2.27. The second-order valence-electron chi connectivity index (χ2n) is 8.75. The number of allylic oxidation sites excluding steroid dienone is 1. The molecule has 6 unspecified atom stereocenters. The van der Waals surface area contributed by atoms with Gasteiger partial charge in [-0.15, -0.1) is 0 Å². The van der Waals surface area contributed by atoms with Gasteiger partial charge in [0.1, 0.15) is 5.60 Å². The normalized spacial score (nSPS) is 47.0. The highest BCUT2D eigenvalue weighted by Crippen LogP contribution is 2.66. The van der Waals surface area contributed by atoms with E-state index in [1.807, 2.05) is 0 Å². The Morgan fingerprint density at radius 1 is 1.32 bits per heavy atom. The zero-order chi connectivity index (χ0) is 16.1. The first-order valence-electron chi connectivity index (χ1n) is 9.28. The summed E-state index contributed by atoms with van der Waals surface area (Å²) in [6.07, 6.45) is 7.69. The molecule has 0 amide bonds. The van der Waals surface area contributed by atoms with Crippen molar-refractivity contribution < 1.29 is 4.74 Å². The maximum Gasteiger partial charge on any atom is 0.101 e. The van der Waals surface area contributed by atoms with Crippen LogP contribution in [0.4, 0.5) is 0 Å². The molecule has 1 heterocycles. The summed E-state index contributed by atoms with van der Waals surface area (Å²) in [6, 6.07) is 0. The third kappa shape index (κ3) is 2.53. The quantitative estimate of drug-likeness (QED) is 0.319. The number of hydrogen-bond donors (Lipinski definition) is 0. The second kappa shape index (κ2) is 5.92. The first-order chi connectivity index (χ1) is 10.3. The van der Waals surface area contributed by atoms with E-state index in [-0.39, 0.29) is 11.2 Å². The fourth-order valence-corrected chi connectivity index (χ4v) is 6.80. The molecule has 3 fully saturated rings. The Morgan fingerprint density at radius 3 is 2.64 bits per heavy atom. The van der Waals surface area contributed by atoms with Crippen LogP contribution in [0.5, 0.6) is 0 Å². The molecule has 2 saturated carbocycles. The lowest BCUT2D eigenvalue weighted by molar-refractivity contribution is 0.133. The first kappa shape index (κ1) is 17.0. The molecule has 6 atom stereocenters. The van der Waals surface area contributed by atoms with Gasteiger partial charge in [-0.1, -0.05) is 48.9 Å². The van der Waals surface area contributed by atoms with Crippen molar-refractivity contribution in [3.05, 3.63) is 12.2 Å². The predicted octanol–water partition coefficient (Wildman–Crippen LogP) is 5.97. The fourth-order valence-electron chi connectivity index (χ4n) is 5.71. The summed E-state index contributed by atoms with van der Waals surface area (Å²) in [7, 11) is 0. The van der Waals surface area contributed by atoms with E-state index in [0.717, 1.165) is 34.9 Å². The molecule has 0 aromatic carbocycles. The number of halogens is 1. The van der Waals surface area contributed by atoms with Gasteiger partial charge in [0.2, 0.25) is 0 Å². The Hall–Kier alpha value is 0.180. The van der Waals surface area contributed by atoms with E-state index < -0.39 is 0 Å². The molecule has 1 aliphatic heterocycles. The van der Waals surface area contributed by atoms with Crippen molar-refractivity contribution in [2.75, 3.05) is 5.33 Å². The van der Waals surface area contributed by atoms with E-state index in [9.17, 15) is 0 Å². The van der Waals surface area contributed by atoms with Gasteiger partial charge in [0, 0.05) is 5.33 Å². The van der Waals surface area contributed by atoms with Crippen molar-refractivity contribution in [3.63, 3.8) is 0 Å². The molecule has 0 radical (unpaired) electrons. The SMILES string of the molecule is C=C(CCC12OC1(C)CCC2C(C)C)C1CCC(C)C1CBr. The van der Waals surface area contributed by atoms with Crippen LogP contribution < -0.4 is 0 Å². The monoisotopic (exact) mass is 368 g/mol. The molecular weight excluding hydrogens is 336 g/mol. The highest BCUT2D eigenvalue weighted by Gasteiger charge is 2.73. The topological polar surface area (TPSA) is 12.5 Å². The average molecular weight is 369 g/mol. The van der Waals surface area contributed by atoms with Crippen molar-refractivity contribution in [1.82, 2.24) is 0 Å². The molecule has 3 rings (SSSR count). The summed E-state index contributed by atoms with van der Waals surface area (Å²) in [5.41, 5.74) is 1.86. The Morgan fingerprint density at radius 2 is 2.05 bits per heavy atom. The Labute approximate surface area is 145 Å². The second-order valence-corrected chi connectivity index (χ2v) is 9.40. The van der Waals surface area contributed by atoms with Crippen LogP contribution in [0.1, 0.15) is 66.2 Å². The van der Waals surface area contributed by atoms with Gasteiger partial charge in [-0.3, -0.25) is 0 Å². The number of hydrogen-bond acceptors (Lipinski definition) is 1. The van der Waals surface area contributed by atoms with Crippen LogP contribution in [0.2, 0.25) is 0 Å². The summed E-state index contributed by atoms with van der Waals surface area (Å²) in [6.45, 7) is 14.0. The molecule has 2 heteroatoms. The number of ether oxygens (including phenoxy) is 1. The van der Waals surface area contributed by atoms with E-state index in [1.165, 1.54) is 44.1 Å². The maximum absolute atomic E-state index is 6.34. The minimum absolute atomic E-state index is 0.179. The van der Waals surface area contributed by atoms with Crippen molar-refractivity contribution in [1.29, 1.82) is 0 Å². The lowest BCUT2D eigenvalue weighted by Crippen LogP contribution is -2.29. The van der Waals surface area contributed by atoms with E-state index in [1.54, 1.807) is 0 Å².